The van der Waals surface area contributed by atoms with Crippen LogP contribution in [0.25, 0.3) is 0 Å². The molecular weight excluding hydrogens is 354 g/mol. The predicted molar refractivity (Wildman–Crippen MR) is 102 cm³/mol. The summed E-state index contributed by atoms with van der Waals surface area (Å²) in [6.45, 7) is 2.54. The largest absolute Gasteiger partial charge is 0.368 e. The molecule has 1 fully saturated rings. The summed E-state index contributed by atoms with van der Waals surface area (Å²) in [5.41, 5.74) is 1.70. The van der Waals surface area contributed by atoms with Gasteiger partial charge in [0.05, 0.1) is 6.54 Å². The number of anilines is 2. The molecule has 0 spiro atoms. The number of nitrogens with zero attached hydrogens (tertiary/aromatic N) is 3. The lowest BCUT2D eigenvalue weighted by molar-refractivity contribution is -0.115. The van der Waals surface area contributed by atoms with Gasteiger partial charge in [0.15, 0.2) is 0 Å². The molecule has 0 atom stereocenters. The fraction of sp³-hybridized carbons (Fsp3) is 0.278. The number of pyridine rings is 1. The molecule has 1 aliphatic heterocycles. The number of urea groups is 1. The van der Waals surface area contributed by atoms with Crippen molar-refractivity contribution in [1.29, 1.82) is 0 Å². The van der Waals surface area contributed by atoms with E-state index in [-0.39, 0.29) is 18.5 Å². The summed E-state index contributed by atoms with van der Waals surface area (Å²) in [6, 6.07) is 10.8. The SMILES string of the molecule is O=C(CNC(=O)N1CCN(c2cccc(Cl)c2)CC1)Nc1ccncc1. The van der Waals surface area contributed by atoms with Gasteiger partial charge in [-0.3, -0.25) is 9.78 Å². The summed E-state index contributed by atoms with van der Waals surface area (Å²) in [6.07, 6.45) is 3.18. The number of rotatable bonds is 4. The molecule has 0 radical (unpaired) electrons. The molecule has 1 saturated heterocycles. The minimum atomic E-state index is -0.276. The lowest BCUT2D eigenvalue weighted by Gasteiger charge is -2.36. The average Bonchev–Trinajstić information content (AvgIpc) is 2.67. The Morgan fingerprint density at radius 3 is 2.50 bits per heavy atom. The number of carbonyl (C=O) groups excluding carboxylic acids is 2. The second kappa shape index (κ2) is 8.53. The normalized spacial score (nSPS) is 14.0. The van der Waals surface area contributed by atoms with E-state index in [9.17, 15) is 9.59 Å². The Bertz CT molecular complexity index is 763. The van der Waals surface area contributed by atoms with E-state index in [0.29, 0.717) is 23.8 Å². The summed E-state index contributed by atoms with van der Waals surface area (Å²) in [7, 11) is 0. The van der Waals surface area contributed by atoms with Crippen molar-refractivity contribution < 1.29 is 9.59 Å². The standard InChI is InChI=1S/C18H20ClN5O2/c19-14-2-1-3-16(12-14)23-8-10-24(11-9-23)18(26)21-13-17(25)22-15-4-6-20-7-5-15/h1-7,12H,8-11,13H2,(H,21,26)(H,20,22,25). The van der Waals surface area contributed by atoms with Crippen molar-refractivity contribution in [3.8, 4) is 0 Å². The highest BCUT2D eigenvalue weighted by Gasteiger charge is 2.21. The molecule has 26 heavy (non-hydrogen) atoms. The van der Waals surface area contributed by atoms with Crippen LogP contribution >= 0.6 is 11.6 Å². The molecule has 0 aliphatic carbocycles. The molecule has 2 N–H and O–H groups in total. The van der Waals surface area contributed by atoms with Crippen LogP contribution in [-0.4, -0.2) is 54.5 Å². The first kappa shape index (κ1) is 18.0. The Hall–Kier alpha value is -2.80. The highest BCUT2D eigenvalue weighted by atomic mass is 35.5. The first-order valence-corrected chi connectivity index (χ1v) is 8.73. The highest BCUT2D eigenvalue weighted by molar-refractivity contribution is 6.30. The molecule has 7 nitrogen and oxygen atoms in total. The first-order valence-electron chi connectivity index (χ1n) is 8.35. The van der Waals surface area contributed by atoms with Crippen molar-refractivity contribution in [2.24, 2.45) is 0 Å². The number of aromatic nitrogens is 1. The molecule has 1 aliphatic rings. The van der Waals surface area contributed by atoms with Gasteiger partial charge in [-0.15, -0.1) is 0 Å². The van der Waals surface area contributed by atoms with E-state index in [1.807, 2.05) is 24.3 Å². The zero-order valence-electron chi connectivity index (χ0n) is 14.2. The van der Waals surface area contributed by atoms with Crippen LogP contribution < -0.4 is 15.5 Å². The maximum absolute atomic E-state index is 12.2. The van der Waals surface area contributed by atoms with Gasteiger partial charge in [-0.2, -0.15) is 0 Å². The molecule has 2 heterocycles. The van der Waals surface area contributed by atoms with Gasteiger partial charge in [0.2, 0.25) is 5.91 Å². The topological polar surface area (TPSA) is 77.6 Å². The molecule has 0 unspecified atom stereocenters. The number of hydrogen-bond acceptors (Lipinski definition) is 4. The Balaban J connectivity index is 1.43. The maximum Gasteiger partial charge on any atom is 0.317 e. The average molecular weight is 374 g/mol. The molecule has 136 valence electrons. The van der Waals surface area contributed by atoms with Crippen molar-refractivity contribution >= 4 is 34.9 Å². The third kappa shape index (κ3) is 4.86. The number of halogens is 1. The van der Waals surface area contributed by atoms with E-state index < -0.39 is 0 Å². The number of carbonyl (C=O) groups is 2. The number of hydrogen-bond donors (Lipinski definition) is 2. The van der Waals surface area contributed by atoms with Crippen molar-refractivity contribution in [2.75, 3.05) is 42.9 Å². The van der Waals surface area contributed by atoms with Gasteiger partial charge in [-0.25, -0.2) is 4.79 Å². The summed E-state index contributed by atoms with van der Waals surface area (Å²) in [5, 5.41) is 6.05. The molecule has 0 bridgehead atoms. The zero-order chi connectivity index (χ0) is 18.4. The van der Waals surface area contributed by atoms with Crippen LogP contribution in [0, 0.1) is 0 Å². The molecule has 8 heteroatoms. The van der Waals surface area contributed by atoms with Crippen LogP contribution in [0.1, 0.15) is 0 Å². The van der Waals surface area contributed by atoms with Crippen molar-refractivity contribution in [2.45, 2.75) is 0 Å². The molecule has 3 amide bonds. The van der Waals surface area contributed by atoms with Crippen molar-refractivity contribution in [1.82, 2.24) is 15.2 Å². The highest BCUT2D eigenvalue weighted by Crippen LogP contribution is 2.20. The Morgan fingerprint density at radius 2 is 1.81 bits per heavy atom. The molecular formula is C18H20ClN5O2. The third-order valence-electron chi connectivity index (χ3n) is 4.10. The number of amides is 3. The summed E-state index contributed by atoms with van der Waals surface area (Å²) in [4.78, 5) is 31.9. The minimum Gasteiger partial charge on any atom is -0.368 e. The van der Waals surface area contributed by atoms with Gasteiger partial charge in [0, 0.05) is 55.0 Å². The van der Waals surface area contributed by atoms with Gasteiger partial charge < -0.3 is 20.4 Å². The second-order valence-electron chi connectivity index (χ2n) is 5.90. The van der Waals surface area contributed by atoms with Crippen molar-refractivity contribution in [3.63, 3.8) is 0 Å². The quantitative estimate of drug-likeness (QED) is 0.861. The predicted octanol–water partition coefficient (Wildman–Crippen LogP) is 2.21. The zero-order valence-corrected chi connectivity index (χ0v) is 14.9. The lowest BCUT2D eigenvalue weighted by Crippen LogP contribution is -2.52. The van der Waals surface area contributed by atoms with Crippen LogP contribution in [0.3, 0.4) is 0 Å². The van der Waals surface area contributed by atoms with E-state index >= 15 is 0 Å². The van der Waals surface area contributed by atoms with Crippen LogP contribution in [0.4, 0.5) is 16.2 Å². The van der Waals surface area contributed by atoms with Gasteiger partial charge in [0.25, 0.3) is 0 Å². The van der Waals surface area contributed by atoms with E-state index in [2.05, 4.69) is 20.5 Å². The van der Waals surface area contributed by atoms with Crippen molar-refractivity contribution in [3.05, 3.63) is 53.8 Å². The van der Waals surface area contributed by atoms with Crippen LogP contribution in [-0.2, 0) is 4.79 Å². The molecule has 1 aromatic carbocycles. The lowest BCUT2D eigenvalue weighted by atomic mass is 10.2. The van der Waals surface area contributed by atoms with E-state index in [1.165, 1.54) is 0 Å². The minimum absolute atomic E-state index is 0.0737. The van der Waals surface area contributed by atoms with Gasteiger partial charge in [-0.1, -0.05) is 17.7 Å². The van der Waals surface area contributed by atoms with Crippen LogP contribution in [0.15, 0.2) is 48.8 Å². The molecule has 0 saturated carbocycles. The van der Waals surface area contributed by atoms with E-state index in [1.54, 1.807) is 29.4 Å². The van der Waals surface area contributed by atoms with Gasteiger partial charge in [-0.05, 0) is 30.3 Å². The maximum atomic E-state index is 12.2. The van der Waals surface area contributed by atoms with E-state index in [0.717, 1.165) is 18.8 Å². The Labute approximate surface area is 157 Å². The first-order chi connectivity index (χ1) is 12.6. The number of nitrogens with one attached hydrogen (secondary N) is 2. The number of piperazine rings is 1. The van der Waals surface area contributed by atoms with Crippen LogP contribution in [0.2, 0.25) is 5.02 Å². The fourth-order valence-corrected chi connectivity index (χ4v) is 2.93. The second-order valence-corrected chi connectivity index (χ2v) is 6.33. The summed E-state index contributed by atoms with van der Waals surface area (Å²) in [5.74, 6) is -0.276. The Morgan fingerprint density at radius 1 is 1.08 bits per heavy atom. The monoisotopic (exact) mass is 373 g/mol. The van der Waals surface area contributed by atoms with Crippen LogP contribution in [0.5, 0.6) is 0 Å². The number of benzene rings is 1. The van der Waals surface area contributed by atoms with E-state index in [4.69, 9.17) is 11.6 Å². The smallest absolute Gasteiger partial charge is 0.317 e. The molecule has 2 aromatic rings. The van der Waals surface area contributed by atoms with Gasteiger partial charge in [0.1, 0.15) is 0 Å². The molecule has 1 aromatic heterocycles. The summed E-state index contributed by atoms with van der Waals surface area (Å²) >= 11 is 6.03. The molecule has 3 rings (SSSR count). The fourth-order valence-electron chi connectivity index (χ4n) is 2.75. The summed E-state index contributed by atoms with van der Waals surface area (Å²) < 4.78 is 0. The van der Waals surface area contributed by atoms with Gasteiger partial charge >= 0.3 is 6.03 Å². The third-order valence-corrected chi connectivity index (χ3v) is 4.34. The Kier molecular flexibility index (Phi) is 5.91.